The van der Waals surface area contributed by atoms with Crippen LogP contribution in [0.1, 0.15) is 26.3 Å². The minimum atomic E-state index is -4.00. The molecular weight excluding hydrogens is 506 g/mol. The van der Waals surface area contributed by atoms with E-state index in [4.69, 9.17) is 15.2 Å². The summed E-state index contributed by atoms with van der Waals surface area (Å²) in [5.41, 5.74) is 6.85. The molecule has 0 unspecified atom stereocenters. The molecule has 2 aromatic rings. The number of rotatable bonds is 12. The first kappa shape index (κ1) is 29.2. The average molecular weight is 542 g/mol. The van der Waals surface area contributed by atoms with Gasteiger partial charge in [0.1, 0.15) is 6.04 Å². The topological polar surface area (TPSA) is 131 Å². The molecule has 3 rings (SSSR count). The zero-order chi connectivity index (χ0) is 27.7. The summed E-state index contributed by atoms with van der Waals surface area (Å²) in [5.74, 6) is 5.69. The molecule has 0 radical (unpaired) electrons. The number of nitrogens with zero attached hydrogens (tertiary/aromatic N) is 1. The number of sulfonamides is 1. The second-order valence-corrected chi connectivity index (χ2v) is 11.3. The summed E-state index contributed by atoms with van der Waals surface area (Å²) >= 11 is 0. The first-order valence-electron chi connectivity index (χ1n) is 12.4. The maximum absolute atomic E-state index is 13.7. The predicted molar refractivity (Wildman–Crippen MR) is 145 cm³/mol. The zero-order valence-electron chi connectivity index (χ0n) is 21.8. The molecule has 10 heteroatoms. The molecule has 1 aliphatic rings. The molecule has 2 aromatic carbocycles. The van der Waals surface area contributed by atoms with Crippen molar-refractivity contribution in [2.24, 2.45) is 11.7 Å². The highest BCUT2D eigenvalue weighted by Crippen LogP contribution is 2.34. The van der Waals surface area contributed by atoms with Crippen LogP contribution in [0.15, 0.2) is 65.6 Å². The number of nitrogens with two attached hydrogens (primary N) is 1. The Kier molecular flexibility index (Phi) is 10.3. The highest BCUT2D eigenvalue weighted by Gasteiger charge is 2.32. The van der Waals surface area contributed by atoms with Crippen LogP contribution < -0.4 is 20.5 Å². The smallest absolute Gasteiger partial charge is 0.243 e. The van der Waals surface area contributed by atoms with Crippen LogP contribution in [-0.2, 0) is 21.2 Å². The van der Waals surface area contributed by atoms with E-state index in [-0.39, 0.29) is 37.1 Å². The molecular formula is C28H35N3O6S. The molecule has 1 aliphatic heterocycles. The van der Waals surface area contributed by atoms with Crippen molar-refractivity contribution in [3.63, 3.8) is 0 Å². The number of fused-ring (bicyclic) bond motifs is 1. The fourth-order valence-electron chi connectivity index (χ4n) is 3.95. The summed E-state index contributed by atoms with van der Waals surface area (Å²) in [6.07, 6.45) is 2.01. The predicted octanol–water partition coefficient (Wildman–Crippen LogP) is 2.06. The molecule has 0 fully saturated rings. The van der Waals surface area contributed by atoms with Gasteiger partial charge in [-0.05, 0) is 43.0 Å². The molecule has 204 valence electrons. The summed E-state index contributed by atoms with van der Waals surface area (Å²) in [6, 6.07) is 12.0. The van der Waals surface area contributed by atoms with E-state index < -0.39 is 34.1 Å². The van der Waals surface area contributed by atoms with Crippen molar-refractivity contribution in [3.8, 4) is 23.3 Å². The molecule has 9 nitrogen and oxygen atoms in total. The van der Waals surface area contributed by atoms with E-state index in [0.717, 1.165) is 5.56 Å². The Bertz CT molecular complexity index is 1280. The monoisotopic (exact) mass is 541 g/mol. The largest absolute Gasteiger partial charge is 0.454 e. The molecule has 0 aromatic heterocycles. The minimum absolute atomic E-state index is 0.0219. The Hall–Kier alpha value is -3.36. The van der Waals surface area contributed by atoms with Crippen molar-refractivity contribution in [1.82, 2.24) is 9.62 Å². The molecule has 3 atom stereocenters. The lowest BCUT2D eigenvalue weighted by molar-refractivity contribution is -0.123. The van der Waals surface area contributed by atoms with Crippen LogP contribution >= 0.6 is 0 Å². The number of aliphatic hydroxyl groups is 1. The molecule has 0 aliphatic carbocycles. The van der Waals surface area contributed by atoms with Gasteiger partial charge in [0.25, 0.3) is 0 Å². The van der Waals surface area contributed by atoms with Crippen molar-refractivity contribution in [3.05, 3.63) is 66.2 Å². The number of nitrogens with one attached hydrogen (secondary N) is 1. The number of amides is 1. The van der Waals surface area contributed by atoms with Crippen molar-refractivity contribution < 1.29 is 27.8 Å². The molecule has 0 bridgehead atoms. The van der Waals surface area contributed by atoms with E-state index in [0.29, 0.717) is 11.5 Å². The lowest BCUT2D eigenvalue weighted by Gasteiger charge is -2.31. The number of carbonyl (C=O) groups is 1. The van der Waals surface area contributed by atoms with Crippen molar-refractivity contribution in [2.45, 2.75) is 50.3 Å². The molecule has 1 heterocycles. The fourth-order valence-corrected chi connectivity index (χ4v) is 5.59. The fraction of sp³-hybridized carbons (Fsp3) is 0.393. The molecule has 1 amide bonds. The molecule has 38 heavy (non-hydrogen) atoms. The van der Waals surface area contributed by atoms with E-state index in [1.807, 2.05) is 44.2 Å². The first-order valence-corrected chi connectivity index (χ1v) is 13.8. The highest BCUT2D eigenvalue weighted by molar-refractivity contribution is 7.89. The van der Waals surface area contributed by atoms with Crippen LogP contribution in [0.3, 0.4) is 0 Å². The average Bonchev–Trinajstić information content (AvgIpc) is 3.36. The third-order valence-corrected chi connectivity index (χ3v) is 7.69. The van der Waals surface area contributed by atoms with Gasteiger partial charge in [0, 0.05) is 19.2 Å². The van der Waals surface area contributed by atoms with Gasteiger partial charge in [-0.2, -0.15) is 4.31 Å². The Morgan fingerprint density at radius 2 is 1.87 bits per heavy atom. The summed E-state index contributed by atoms with van der Waals surface area (Å²) in [7, 11) is -4.00. The van der Waals surface area contributed by atoms with E-state index in [9.17, 15) is 18.3 Å². The van der Waals surface area contributed by atoms with Gasteiger partial charge in [-0.1, -0.05) is 56.2 Å². The third-order valence-electron chi connectivity index (χ3n) is 5.87. The van der Waals surface area contributed by atoms with Crippen LogP contribution in [0.2, 0.25) is 0 Å². The van der Waals surface area contributed by atoms with Crippen molar-refractivity contribution in [2.75, 3.05) is 19.9 Å². The number of benzene rings is 2. The van der Waals surface area contributed by atoms with Crippen LogP contribution in [0, 0.1) is 17.8 Å². The summed E-state index contributed by atoms with van der Waals surface area (Å²) < 4.78 is 39.2. The van der Waals surface area contributed by atoms with Gasteiger partial charge < -0.3 is 25.6 Å². The summed E-state index contributed by atoms with van der Waals surface area (Å²) in [4.78, 5) is 12.9. The van der Waals surface area contributed by atoms with Crippen molar-refractivity contribution >= 4 is 15.9 Å². The van der Waals surface area contributed by atoms with Gasteiger partial charge in [0.2, 0.25) is 22.7 Å². The van der Waals surface area contributed by atoms with Gasteiger partial charge in [0.05, 0.1) is 17.0 Å². The molecule has 0 saturated carbocycles. The zero-order valence-corrected chi connectivity index (χ0v) is 22.6. The van der Waals surface area contributed by atoms with Gasteiger partial charge in [-0.3, -0.25) is 4.79 Å². The summed E-state index contributed by atoms with van der Waals surface area (Å²) in [5, 5.41) is 14.1. The second-order valence-electron chi connectivity index (χ2n) is 9.38. The maximum Gasteiger partial charge on any atom is 0.243 e. The van der Waals surface area contributed by atoms with Gasteiger partial charge in [-0.15, -0.1) is 5.92 Å². The lowest BCUT2D eigenvalue weighted by Crippen LogP contribution is -2.54. The van der Waals surface area contributed by atoms with E-state index in [2.05, 4.69) is 17.2 Å². The van der Waals surface area contributed by atoms with E-state index >= 15 is 0 Å². The van der Waals surface area contributed by atoms with E-state index in [1.54, 1.807) is 13.0 Å². The van der Waals surface area contributed by atoms with Gasteiger partial charge in [0.15, 0.2) is 11.5 Å². The number of hydrogen-bond acceptors (Lipinski definition) is 7. The number of allylic oxidation sites excluding steroid dienone is 1. The Balaban J connectivity index is 1.86. The second kappa shape index (κ2) is 13.4. The lowest BCUT2D eigenvalue weighted by atomic mass is 10.0. The van der Waals surface area contributed by atoms with Gasteiger partial charge >= 0.3 is 0 Å². The Morgan fingerprint density at radius 1 is 1.16 bits per heavy atom. The quantitative estimate of drug-likeness (QED) is 0.351. The Morgan fingerprint density at radius 3 is 2.55 bits per heavy atom. The van der Waals surface area contributed by atoms with E-state index in [1.165, 1.54) is 28.6 Å². The molecule has 0 spiro atoms. The molecule has 0 saturated heterocycles. The number of hydrogen-bond donors (Lipinski definition) is 3. The van der Waals surface area contributed by atoms with Crippen LogP contribution in [0.4, 0.5) is 0 Å². The van der Waals surface area contributed by atoms with Crippen LogP contribution in [0.5, 0.6) is 11.5 Å². The van der Waals surface area contributed by atoms with Crippen LogP contribution in [0.25, 0.3) is 0 Å². The van der Waals surface area contributed by atoms with Gasteiger partial charge in [-0.25, -0.2) is 8.42 Å². The molecule has 4 N–H and O–H groups in total. The first-order chi connectivity index (χ1) is 18.1. The number of ether oxygens (including phenoxy) is 2. The number of aliphatic hydroxyl groups excluding tert-OH is 1. The maximum atomic E-state index is 13.7. The normalized spacial score (nSPS) is 15.2. The number of carbonyl (C=O) groups excluding carboxylic acids is 1. The van der Waals surface area contributed by atoms with Crippen molar-refractivity contribution in [1.29, 1.82) is 0 Å². The standard InChI is InChI=1S/C28H35N3O6S/c1-4-5-7-12-23(29)28(33)30-24(15-21-10-8-6-9-11-21)25(32)18-31(17-20(2)3)38(34,35)22-13-14-26-27(16-22)37-19-36-26/h6-14,16,20,23-25,32H,15,17-19,29H2,1-3H3,(H,30,33)/b12-7+/t23-,24-,25+/m0/s1. The summed E-state index contributed by atoms with van der Waals surface area (Å²) in [6.45, 7) is 5.40. The SMILES string of the molecule is CC#C/C=C/[C@H](N)C(=O)N[C@@H](Cc1ccccc1)[C@H](O)CN(CC(C)C)S(=O)(=O)c1ccc2c(c1)OCO2. The Labute approximate surface area is 224 Å². The minimum Gasteiger partial charge on any atom is -0.454 e. The third kappa shape index (κ3) is 7.82. The highest BCUT2D eigenvalue weighted by atomic mass is 32.2. The van der Waals surface area contributed by atoms with Crippen LogP contribution in [-0.4, -0.2) is 61.8 Å².